The van der Waals surface area contributed by atoms with Gasteiger partial charge >= 0.3 is 6.36 Å². The number of halogens is 3. The van der Waals surface area contributed by atoms with Gasteiger partial charge in [0.05, 0.1) is 24.1 Å². The van der Waals surface area contributed by atoms with Crippen LogP contribution in [0.1, 0.15) is 19.4 Å². The molecule has 37 heavy (non-hydrogen) atoms. The average Bonchev–Trinajstić information content (AvgIpc) is 2.85. The first-order valence-corrected chi connectivity index (χ1v) is 12.0. The van der Waals surface area contributed by atoms with Gasteiger partial charge in [-0.3, -0.25) is 9.36 Å². The number of rotatable bonds is 4. The lowest BCUT2D eigenvalue weighted by Crippen LogP contribution is -2.45. The fraction of sp³-hybridized carbons (Fsp3) is 0.286. The van der Waals surface area contributed by atoms with Crippen molar-refractivity contribution in [2.75, 3.05) is 18.0 Å². The van der Waals surface area contributed by atoms with Gasteiger partial charge in [0, 0.05) is 24.7 Å². The lowest BCUT2D eigenvalue weighted by molar-refractivity contribution is -0.274. The summed E-state index contributed by atoms with van der Waals surface area (Å²) in [5, 5.41) is 1.25. The monoisotopic (exact) mass is 509 g/mol. The highest BCUT2D eigenvalue weighted by molar-refractivity contribution is 5.98. The number of anilines is 1. The number of morpholine rings is 1. The van der Waals surface area contributed by atoms with Crippen molar-refractivity contribution >= 4 is 16.6 Å². The Kier molecular flexibility index (Phi) is 6.41. The van der Waals surface area contributed by atoms with Gasteiger partial charge in [-0.25, -0.2) is 4.98 Å². The second kappa shape index (κ2) is 9.55. The van der Waals surface area contributed by atoms with Crippen LogP contribution in [0.5, 0.6) is 5.75 Å². The predicted molar refractivity (Wildman–Crippen MR) is 136 cm³/mol. The van der Waals surface area contributed by atoms with Gasteiger partial charge in [-0.2, -0.15) is 0 Å². The number of aryl methyl sites for hydroxylation is 1. The van der Waals surface area contributed by atoms with Crippen LogP contribution in [0.15, 0.2) is 71.8 Å². The third-order valence-corrected chi connectivity index (χ3v) is 6.38. The van der Waals surface area contributed by atoms with Gasteiger partial charge in [0.1, 0.15) is 11.6 Å². The van der Waals surface area contributed by atoms with E-state index in [0.717, 1.165) is 35.4 Å². The Bertz CT molecular complexity index is 1470. The van der Waals surface area contributed by atoms with Crippen molar-refractivity contribution in [2.45, 2.75) is 39.3 Å². The number of hydrogen-bond acceptors (Lipinski definition) is 5. The van der Waals surface area contributed by atoms with Crippen molar-refractivity contribution in [1.29, 1.82) is 0 Å². The summed E-state index contributed by atoms with van der Waals surface area (Å²) in [6.07, 6.45) is -1.08. The van der Waals surface area contributed by atoms with Crippen molar-refractivity contribution in [3.63, 3.8) is 0 Å². The second-order valence-electron chi connectivity index (χ2n) is 9.32. The molecule has 9 heteroatoms. The molecule has 0 N–H and O–H groups in total. The number of pyridine rings is 2. The Balaban J connectivity index is 1.50. The largest absolute Gasteiger partial charge is 0.573 e. The summed E-state index contributed by atoms with van der Waals surface area (Å²) >= 11 is 0. The number of nitrogens with zero attached hydrogens (tertiary/aromatic N) is 3. The highest BCUT2D eigenvalue weighted by atomic mass is 19.4. The van der Waals surface area contributed by atoms with Crippen LogP contribution in [0.2, 0.25) is 0 Å². The second-order valence-corrected chi connectivity index (χ2v) is 9.32. The molecule has 4 aromatic rings. The Morgan fingerprint density at radius 1 is 1.00 bits per heavy atom. The predicted octanol–water partition coefficient (Wildman–Crippen LogP) is 5.87. The van der Waals surface area contributed by atoms with E-state index < -0.39 is 6.36 Å². The van der Waals surface area contributed by atoms with Gasteiger partial charge in [0.2, 0.25) is 0 Å². The van der Waals surface area contributed by atoms with Crippen molar-refractivity contribution in [1.82, 2.24) is 9.55 Å². The molecule has 1 fully saturated rings. The van der Waals surface area contributed by atoms with Crippen LogP contribution in [-0.4, -0.2) is 41.2 Å². The van der Waals surface area contributed by atoms with Crippen LogP contribution in [0, 0.1) is 6.92 Å². The maximum Gasteiger partial charge on any atom is 0.573 e. The minimum absolute atomic E-state index is 0.110. The lowest BCUT2D eigenvalue weighted by atomic mass is 9.96. The first-order valence-electron chi connectivity index (χ1n) is 12.0. The standard InChI is InChI=1S/C28H26F3N3O3/c1-17-14-34(21-9-12-25(32-13-21)33-15-18(2)36-19(3)16-33)27(35)24-6-4-5-23(26(17)24)20-7-10-22(11-8-20)37-28(29,30)31/h4-14,18-19H,15-16H2,1-3H3/t18-,19+. The van der Waals surface area contributed by atoms with Gasteiger partial charge in [-0.15, -0.1) is 13.2 Å². The molecule has 2 atom stereocenters. The molecule has 1 saturated heterocycles. The van der Waals surface area contributed by atoms with Gasteiger partial charge in [-0.05, 0) is 73.2 Å². The Morgan fingerprint density at radius 3 is 2.32 bits per heavy atom. The Hall–Kier alpha value is -3.85. The normalized spacial score (nSPS) is 18.3. The van der Waals surface area contributed by atoms with E-state index in [2.05, 4.69) is 14.6 Å². The average molecular weight is 510 g/mol. The maximum absolute atomic E-state index is 13.5. The summed E-state index contributed by atoms with van der Waals surface area (Å²) in [6.45, 7) is 7.47. The van der Waals surface area contributed by atoms with Crippen LogP contribution in [0.4, 0.5) is 19.0 Å². The number of aromatic nitrogens is 2. The number of alkyl halides is 3. The number of fused-ring (bicyclic) bond motifs is 1. The number of ether oxygens (including phenoxy) is 2. The third kappa shape index (κ3) is 5.17. The van der Waals surface area contributed by atoms with Crippen LogP contribution < -0.4 is 15.2 Å². The summed E-state index contributed by atoms with van der Waals surface area (Å²) in [5.41, 5.74) is 2.72. The Morgan fingerprint density at radius 2 is 1.70 bits per heavy atom. The topological polar surface area (TPSA) is 56.6 Å². The highest BCUT2D eigenvalue weighted by Crippen LogP contribution is 2.32. The van der Waals surface area contributed by atoms with Crippen LogP contribution in [0.25, 0.3) is 27.6 Å². The minimum Gasteiger partial charge on any atom is -0.406 e. The van der Waals surface area contributed by atoms with Gasteiger partial charge in [-0.1, -0.05) is 24.3 Å². The first kappa shape index (κ1) is 24.8. The molecule has 5 rings (SSSR count). The Labute approximate surface area is 211 Å². The molecule has 6 nitrogen and oxygen atoms in total. The zero-order valence-corrected chi connectivity index (χ0v) is 20.6. The first-order chi connectivity index (χ1) is 17.6. The van der Waals surface area contributed by atoms with Gasteiger partial charge in [0.15, 0.2) is 0 Å². The van der Waals surface area contributed by atoms with E-state index >= 15 is 0 Å². The van der Waals surface area contributed by atoms with E-state index in [0.29, 0.717) is 16.6 Å². The van der Waals surface area contributed by atoms with E-state index in [9.17, 15) is 18.0 Å². The van der Waals surface area contributed by atoms with Gasteiger partial charge in [0.25, 0.3) is 5.56 Å². The molecule has 0 aliphatic carbocycles. The molecular formula is C28H26F3N3O3. The molecule has 1 aliphatic heterocycles. The van der Waals surface area contributed by atoms with Crippen molar-refractivity contribution < 1.29 is 22.6 Å². The summed E-state index contributed by atoms with van der Waals surface area (Å²) in [7, 11) is 0. The fourth-order valence-electron chi connectivity index (χ4n) is 4.94. The molecule has 2 aromatic heterocycles. The van der Waals surface area contributed by atoms with Crippen LogP contribution >= 0.6 is 0 Å². The van der Waals surface area contributed by atoms with Crippen molar-refractivity contribution in [3.05, 3.63) is 82.9 Å². The van der Waals surface area contributed by atoms with Crippen molar-refractivity contribution in [2.24, 2.45) is 0 Å². The molecule has 0 spiro atoms. The zero-order chi connectivity index (χ0) is 26.3. The maximum atomic E-state index is 13.5. The molecule has 1 aliphatic rings. The molecule has 3 heterocycles. The summed E-state index contributed by atoms with van der Waals surface area (Å²) < 4.78 is 48.9. The van der Waals surface area contributed by atoms with E-state index in [-0.39, 0.29) is 23.5 Å². The molecule has 0 bridgehead atoms. The van der Waals surface area contributed by atoms with E-state index in [4.69, 9.17) is 4.74 Å². The van der Waals surface area contributed by atoms with E-state index in [1.807, 2.05) is 39.0 Å². The smallest absolute Gasteiger partial charge is 0.406 e. The summed E-state index contributed by atoms with van der Waals surface area (Å²) in [4.78, 5) is 20.3. The van der Waals surface area contributed by atoms with Gasteiger partial charge < -0.3 is 14.4 Å². The summed E-state index contributed by atoms with van der Waals surface area (Å²) in [6, 6.07) is 14.8. The van der Waals surface area contributed by atoms with E-state index in [1.54, 1.807) is 41.2 Å². The van der Waals surface area contributed by atoms with Crippen LogP contribution in [0.3, 0.4) is 0 Å². The lowest BCUT2D eigenvalue weighted by Gasteiger charge is -2.36. The zero-order valence-electron chi connectivity index (χ0n) is 20.6. The molecule has 0 radical (unpaired) electrons. The molecule has 192 valence electrons. The van der Waals surface area contributed by atoms with Crippen molar-refractivity contribution in [3.8, 4) is 22.6 Å². The molecule has 0 amide bonds. The minimum atomic E-state index is -4.76. The fourth-order valence-corrected chi connectivity index (χ4v) is 4.94. The van der Waals surface area contributed by atoms with E-state index in [1.165, 1.54) is 12.1 Å². The summed E-state index contributed by atoms with van der Waals surface area (Å²) in [5.74, 6) is 0.532. The SMILES string of the molecule is Cc1cn(-c2ccc(N3C[C@@H](C)O[C@@H](C)C3)nc2)c(=O)c2cccc(-c3ccc(OC(F)(F)F)cc3)c12. The molecule has 2 aromatic carbocycles. The highest BCUT2D eigenvalue weighted by Gasteiger charge is 2.31. The molecule has 0 unspecified atom stereocenters. The number of benzene rings is 2. The third-order valence-electron chi connectivity index (χ3n) is 6.38. The molecule has 0 saturated carbocycles. The molecular weight excluding hydrogens is 483 g/mol. The quantitative estimate of drug-likeness (QED) is 0.344. The number of hydrogen-bond donors (Lipinski definition) is 0. The van der Waals surface area contributed by atoms with Crippen LogP contribution in [-0.2, 0) is 4.74 Å².